The summed E-state index contributed by atoms with van der Waals surface area (Å²) in [6.07, 6.45) is 0.759. The van der Waals surface area contributed by atoms with Gasteiger partial charge in [-0.1, -0.05) is 18.2 Å². The maximum Gasteiger partial charge on any atom is 0.199 e. The summed E-state index contributed by atoms with van der Waals surface area (Å²) in [5, 5.41) is 0.536. The minimum Gasteiger partial charge on any atom is -0.374 e. The van der Waals surface area contributed by atoms with Gasteiger partial charge in [-0.25, -0.2) is 4.98 Å². The lowest BCUT2D eigenvalue weighted by Gasteiger charge is -2.02. The van der Waals surface area contributed by atoms with Gasteiger partial charge in [0.15, 0.2) is 5.13 Å². The van der Waals surface area contributed by atoms with E-state index >= 15 is 0 Å². The van der Waals surface area contributed by atoms with Crippen molar-refractivity contribution in [2.45, 2.75) is 20.3 Å². The van der Waals surface area contributed by atoms with Crippen LogP contribution in [-0.2, 0) is 6.42 Å². The quantitative estimate of drug-likeness (QED) is 0.843. The first-order valence-corrected chi connectivity index (χ1v) is 5.56. The molecule has 2 rings (SSSR count). The standard InChI is InChI=1S/C11H13N3S/c1-7-3-4-9(5-8(7)2)6-10-13-11(12)15-14-10/h3-5H,6H2,1-2H3,(H2,12,13,14). The van der Waals surface area contributed by atoms with Crippen LogP contribution in [0.5, 0.6) is 0 Å². The van der Waals surface area contributed by atoms with Crippen LogP contribution < -0.4 is 5.73 Å². The summed E-state index contributed by atoms with van der Waals surface area (Å²) in [7, 11) is 0. The fourth-order valence-electron chi connectivity index (χ4n) is 1.44. The summed E-state index contributed by atoms with van der Waals surface area (Å²) < 4.78 is 4.17. The van der Waals surface area contributed by atoms with Gasteiger partial charge < -0.3 is 5.73 Å². The largest absolute Gasteiger partial charge is 0.374 e. The predicted molar refractivity (Wildman–Crippen MR) is 63.0 cm³/mol. The van der Waals surface area contributed by atoms with Gasteiger partial charge in [0.1, 0.15) is 5.82 Å². The van der Waals surface area contributed by atoms with E-state index in [1.807, 2.05) is 0 Å². The topological polar surface area (TPSA) is 51.8 Å². The molecule has 0 saturated heterocycles. The Hall–Kier alpha value is -1.42. The second-order valence-corrected chi connectivity index (χ2v) is 4.43. The third-order valence-electron chi connectivity index (χ3n) is 2.42. The van der Waals surface area contributed by atoms with E-state index in [0.29, 0.717) is 5.13 Å². The maximum absolute atomic E-state index is 5.53. The molecule has 0 radical (unpaired) electrons. The van der Waals surface area contributed by atoms with Crippen molar-refractivity contribution in [2.75, 3.05) is 5.73 Å². The second-order valence-electron chi connectivity index (χ2n) is 3.64. The Morgan fingerprint density at radius 2 is 2.07 bits per heavy atom. The first-order valence-electron chi connectivity index (χ1n) is 4.79. The van der Waals surface area contributed by atoms with E-state index in [0.717, 1.165) is 12.2 Å². The van der Waals surface area contributed by atoms with E-state index in [2.05, 4.69) is 41.4 Å². The third kappa shape index (κ3) is 2.33. The molecule has 0 aliphatic heterocycles. The molecule has 1 aromatic carbocycles. The molecule has 1 aromatic heterocycles. The van der Waals surface area contributed by atoms with Gasteiger partial charge >= 0.3 is 0 Å². The van der Waals surface area contributed by atoms with Crippen LogP contribution in [0.25, 0.3) is 0 Å². The van der Waals surface area contributed by atoms with Crippen molar-refractivity contribution in [1.82, 2.24) is 9.36 Å². The molecule has 0 amide bonds. The number of anilines is 1. The summed E-state index contributed by atoms with van der Waals surface area (Å²) >= 11 is 1.25. The Labute approximate surface area is 93.1 Å². The number of rotatable bonds is 2. The molecule has 0 saturated carbocycles. The van der Waals surface area contributed by atoms with Gasteiger partial charge in [-0.2, -0.15) is 4.37 Å². The number of nitrogen functional groups attached to an aromatic ring is 1. The second kappa shape index (κ2) is 3.98. The highest BCUT2D eigenvalue weighted by molar-refractivity contribution is 7.09. The fraction of sp³-hybridized carbons (Fsp3) is 0.273. The summed E-state index contributed by atoms with van der Waals surface area (Å²) in [6.45, 7) is 4.22. The Morgan fingerprint density at radius 3 is 2.67 bits per heavy atom. The molecule has 0 unspecified atom stereocenters. The van der Waals surface area contributed by atoms with E-state index in [-0.39, 0.29) is 0 Å². The van der Waals surface area contributed by atoms with Crippen molar-refractivity contribution in [3.05, 3.63) is 40.7 Å². The molecule has 0 spiro atoms. The monoisotopic (exact) mass is 219 g/mol. The van der Waals surface area contributed by atoms with Crippen molar-refractivity contribution in [2.24, 2.45) is 0 Å². The number of nitrogens with zero attached hydrogens (tertiary/aromatic N) is 2. The molecule has 78 valence electrons. The maximum atomic E-state index is 5.53. The average molecular weight is 219 g/mol. The van der Waals surface area contributed by atoms with Crippen molar-refractivity contribution in [1.29, 1.82) is 0 Å². The molecule has 2 N–H and O–H groups in total. The molecule has 2 aromatic rings. The Balaban J connectivity index is 2.21. The minimum absolute atomic E-state index is 0.536. The number of aryl methyl sites for hydroxylation is 2. The van der Waals surface area contributed by atoms with Gasteiger partial charge in [0.2, 0.25) is 0 Å². The molecule has 0 fully saturated rings. The number of nitrogens with two attached hydrogens (primary N) is 1. The number of hydrogen-bond donors (Lipinski definition) is 1. The lowest BCUT2D eigenvalue weighted by molar-refractivity contribution is 1.03. The third-order valence-corrected chi connectivity index (χ3v) is 3.00. The van der Waals surface area contributed by atoms with Crippen LogP contribution in [0.3, 0.4) is 0 Å². The first kappa shape index (κ1) is 10.1. The Bertz CT molecular complexity index is 476. The highest BCUT2D eigenvalue weighted by Gasteiger charge is 2.03. The zero-order chi connectivity index (χ0) is 10.8. The first-order chi connectivity index (χ1) is 7.15. The molecule has 0 aliphatic carbocycles. The van der Waals surface area contributed by atoms with E-state index in [9.17, 15) is 0 Å². The molecule has 0 aliphatic rings. The summed E-state index contributed by atoms with van der Waals surface area (Å²) in [5.74, 6) is 0.806. The fourth-order valence-corrected chi connectivity index (χ4v) is 1.89. The van der Waals surface area contributed by atoms with Crippen molar-refractivity contribution in [3.63, 3.8) is 0 Å². The summed E-state index contributed by atoms with van der Waals surface area (Å²) in [4.78, 5) is 4.14. The van der Waals surface area contributed by atoms with Crippen molar-refractivity contribution in [3.8, 4) is 0 Å². The van der Waals surface area contributed by atoms with Gasteiger partial charge in [0.05, 0.1) is 0 Å². The normalized spacial score (nSPS) is 10.5. The van der Waals surface area contributed by atoms with Crippen molar-refractivity contribution < 1.29 is 0 Å². The zero-order valence-electron chi connectivity index (χ0n) is 8.82. The molecule has 0 atom stereocenters. The van der Waals surface area contributed by atoms with Crippen LogP contribution in [0.4, 0.5) is 5.13 Å². The van der Waals surface area contributed by atoms with Gasteiger partial charge in [-0.3, -0.25) is 0 Å². The molecule has 0 bridgehead atoms. The average Bonchev–Trinajstić information content (AvgIpc) is 2.58. The Kier molecular flexibility index (Phi) is 2.68. The lowest BCUT2D eigenvalue weighted by Crippen LogP contribution is -1.93. The minimum atomic E-state index is 0.536. The molecule has 15 heavy (non-hydrogen) atoms. The molecule has 4 heteroatoms. The van der Waals surface area contributed by atoms with E-state index in [1.54, 1.807) is 0 Å². The van der Waals surface area contributed by atoms with Crippen molar-refractivity contribution >= 4 is 16.7 Å². The van der Waals surface area contributed by atoms with E-state index < -0.39 is 0 Å². The molecular weight excluding hydrogens is 206 g/mol. The SMILES string of the molecule is Cc1ccc(Cc2nsc(N)n2)cc1C. The molecule has 3 nitrogen and oxygen atoms in total. The van der Waals surface area contributed by atoms with Crippen LogP contribution in [0.1, 0.15) is 22.5 Å². The summed E-state index contributed by atoms with van der Waals surface area (Å²) in [6, 6.07) is 6.41. The highest BCUT2D eigenvalue weighted by Crippen LogP contribution is 2.14. The highest BCUT2D eigenvalue weighted by atomic mass is 32.1. The van der Waals surface area contributed by atoms with Gasteiger partial charge in [-0.05, 0) is 30.5 Å². The summed E-state index contributed by atoms with van der Waals surface area (Å²) in [5.41, 5.74) is 9.37. The van der Waals surface area contributed by atoms with E-state index in [1.165, 1.54) is 28.2 Å². The zero-order valence-corrected chi connectivity index (χ0v) is 9.64. The van der Waals surface area contributed by atoms with Crippen LogP contribution in [-0.4, -0.2) is 9.36 Å². The van der Waals surface area contributed by atoms with Gasteiger partial charge in [0.25, 0.3) is 0 Å². The van der Waals surface area contributed by atoms with Gasteiger partial charge in [0, 0.05) is 18.0 Å². The smallest absolute Gasteiger partial charge is 0.199 e. The van der Waals surface area contributed by atoms with Gasteiger partial charge in [-0.15, -0.1) is 0 Å². The van der Waals surface area contributed by atoms with E-state index in [4.69, 9.17) is 5.73 Å². The molecule has 1 heterocycles. The van der Waals surface area contributed by atoms with Crippen LogP contribution >= 0.6 is 11.5 Å². The van der Waals surface area contributed by atoms with Crippen LogP contribution in [0.2, 0.25) is 0 Å². The predicted octanol–water partition coefficient (Wildman–Crippen LogP) is 2.33. The lowest BCUT2D eigenvalue weighted by atomic mass is 10.0. The Morgan fingerprint density at radius 1 is 1.27 bits per heavy atom. The number of hydrogen-bond acceptors (Lipinski definition) is 4. The van der Waals surface area contributed by atoms with Crippen LogP contribution in [0, 0.1) is 13.8 Å². The number of aromatic nitrogens is 2. The van der Waals surface area contributed by atoms with Crippen LogP contribution in [0.15, 0.2) is 18.2 Å². The molecular formula is C11H13N3S. The number of benzene rings is 1.